The third kappa shape index (κ3) is 50.6. The molecular weight excluding hydrogens is 219 g/mol. The molecule has 60 valence electrons. The number of nitrogens with zero attached hydrogens (tertiary/aromatic N) is 2. The number of Topliss-reactive ketones (excluding diaryl/α,β-unsaturated/α-hetero) is 1. The third-order valence-electron chi connectivity index (χ3n) is 0.203. The summed E-state index contributed by atoms with van der Waals surface area (Å²) in [5.41, 5.74) is 0. The zero-order chi connectivity index (χ0) is 9.49. The second-order valence-corrected chi connectivity index (χ2v) is 3.22. The van der Waals surface area contributed by atoms with Gasteiger partial charge >= 0.3 is 36.3 Å². The van der Waals surface area contributed by atoms with Crippen molar-refractivity contribution in [2.24, 2.45) is 0 Å². The van der Waals surface area contributed by atoms with Crippen LogP contribution in [0.1, 0.15) is 0 Å². The van der Waals surface area contributed by atoms with Crippen LogP contribution in [-0.4, -0.2) is 32.6 Å². The molecular formula is C3H3AsN2O5. The van der Waals surface area contributed by atoms with Gasteiger partial charge in [-0.1, -0.05) is 0 Å². The molecule has 0 aliphatic rings. The normalized spacial score (nSPS) is 8.09. The number of nitriles is 2. The standard InChI is InChI=1S/C3N2O.AsH3O4/c4-1-3(6)2-5;2-1(3,4)5/h;(H3,2,3,4,5). The molecule has 0 unspecified atom stereocenters. The van der Waals surface area contributed by atoms with Crippen molar-refractivity contribution in [2.75, 3.05) is 0 Å². The summed E-state index contributed by atoms with van der Waals surface area (Å²) >= 11 is -5.12. The summed E-state index contributed by atoms with van der Waals surface area (Å²) in [6.07, 6.45) is 0. The van der Waals surface area contributed by atoms with Crippen LogP contribution in [-0.2, 0) is 8.53 Å². The van der Waals surface area contributed by atoms with E-state index < -0.39 is 20.3 Å². The van der Waals surface area contributed by atoms with Crippen molar-refractivity contribution in [2.45, 2.75) is 0 Å². The van der Waals surface area contributed by atoms with Crippen LogP contribution in [0.2, 0.25) is 0 Å². The van der Waals surface area contributed by atoms with E-state index in [9.17, 15) is 4.79 Å². The van der Waals surface area contributed by atoms with Gasteiger partial charge in [0, 0.05) is 0 Å². The molecule has 0 aromatic heterocycles. The predicted molar refractivity (Wildman–Crippen MR) is 29.3 cm³/mol. The molecule has 0 atom stereocenters. The summed E-state index contributed by atoms with van der Waals surface area (Å²) in [5.74, 6) is -1.05. The number of hydrogen-bond donors (Lipinski definition) is 3. The van der Waals surface area contributed by atoms with Gasteiger partial charge in [0.05, 0.1) is 0 Å². The fraction of sp³-hybridized carbons (Fsp3) is 0. The number of ketones is 1. The van der Waals surface area contributed by atoms with Crippen molar-refractivity contribution >= 4 is 20.3 Å². The molecule has 0 fully saturated rings. The Kier molecular flexibility index (Phi) is 6.46. The molecule has 0 heterocycles. The van der Waals surface area contributed by atoms with Gasteiger partial charge in [-0.2, -0.15) is 10.5 Å². The first kappa shape index (κ1) is 12.6. The summed E-state index contributed by atoms with van der Waals surface area (Å²) in [5, 5.41) is 15.0. The van der Waals surface area contributed by atoms with E-state index in [1.165, 1.54) is 0 Å². The Balaban J connectivity index is 0. The Morgan fingerprint density at radius 1 is 1.18 bits per heavy atom. The Morgan fingerprint density at radius 3 is 1.36 bits per heavy atom. The van der Waals surface area contributed by atoms with E-state index in [-0.39, 0.29) is 0 Å². The molecule has 0 aromatic carbocycles. The molecule has 0 aromatic rings. The van der Waals surface area contributed by atoms with E-state index in [0.717, 1.165) is 12.1 Å². The molecule has 0 rings (SSSR count). The van der Waals surface area contributed by atoms with Gasteiger partial charge < -0.3 is 0 Å². The van der Waals surface area contributed by atoms with Crippen molar-refractivity contribution in [1.82, 2.24) is 0 Å². The summed E-state index contributed by atoms with van der Waals surface area (Å²) in [4.78, 5) is 9.46. The summed E-state index contributed by atoms with van der Waals surface area (Å²) in [6.45, 7) is 0. The molecule has 0 spiro atoms. The van der Waals surface area contributed by atoms with Gasteiger partial charge in [-0.15, -0.1) is 0 Å². The summed E-state index contributed by atoms with van der Waals surface area (Å²) in [6, 6.07) is 2.23. The second kappa shape index (κ2) is 5.66. The van der Waals surface area contributed by atoms with Gasteiger partial charge in [0.2, 0.25) is 0 Å². The van der Waals surface area contributed by atoms with Gasteiger partial charge in [-0.05, 0) is 0 Å². The molecule has 0 bridgehead atoms. The van der Waals surface area contributed by atoms with Crippen LogP contribution in [0.3, 0.4) is 0 Å². The molecule has 0 radical (unpaired) electrons. The first-order valence-corrected chi connectivity index (χ1v) is 5.22. The van der Waals surface area contributed by atoms with Crippen molar-refractivity contribution in [3.63, 3.8) is 0 Å². The number of hydrogen-bond acceptors (Lipinski definition) is 4. The zero-order valence-corrected chi connectivity index (χ0v) is 6.88. The van der Waals surface area contributed by atoms with Crippen molar-refractivity contribution in [1.29, 1.82) is 10.5 Å². The zero-order valence-electron chi connectivity index (χ0n) is 5.00. The first-order valence-electron chi connectivity index (χ1n) is 1.93. The van der Waals surface area contributed by atoms with Crippen molar-refractivity contribution < 1.29 is 20.8 Å². The molecule has 0 saturated heterocycles. The van der Waals surface area contributed by atoms with Crippen molar-refractivity contribution in [3.8, 4) is 12.1 Å². The van der Waals surface area contributed by atoms with Crippen LogP contribution in [0.5, 0.6) is 0 Å². The van der Waals surface area contributed by atoms with Gasteiger partial charge in [-0.25, -0.2) is 0 Å². The monoisotopic (exact) mass is 222 g/mol. The second-order valence-electron chi connectivity index (χ2n) is 1.07. The number of carbonyl (C=O) groups is 1. The molecule has 0 saturated carbocycles. The van der Waals surface area contributed by atoms with Crippen LogP contribution in [0.25, 0.3) is 0 Å². The number of rotatable bonds is 0. The third-order valence-corrected chi connectivity index (χ3v) is 0.203. The Bertz CT molecular complexity index is 230. The maximum absolute atomic E-state index is 9.46. The van der Waals surface area contributed by atoms with Crippen LogP contribution >= 0.6 is 0 Å². The Morgan fingerprint density at radius 2 is 1.36 bits per heavy atom. The minimum atomic E-state index is -5.12. The quantitative estimate of drug-likeness (QED) is 0.302. The Labute approximate surface area is 64.5 Å². The van der Waals surface area contributed by atoms with E-state index in [4.69, 9.17) is 26.6 Å². The van der Waals surface area contributed by atoms with Gasteiger partial charge in [0.15, 0.2) is 12.1 Å². The van der Waals surface area contributed by atoms with Gasteiger partial charge in [0.25, 0.3) is 0 Å². The average Bonchev–Trinajstić information content (AvgIpc) is 1.83. The Hall–Kier alpha value is -1.11. The first-order chi connectivity index (χ1) is 4.81. The summed E-state index contributed by atoms with van der Waals surface area (Å²) < 4.78 is 30.7. The van der Waals surface area contributed by atoms with Crippen LogP contribution < -0.4 is 0 Å². The maximum atomic E-state index is 9.46. The van der Waals surface area contributed by atoms with Crippen LogP contribution in [0.4, 0.5) is 0 Å². The molecule has 8 heteroatoms. The van der Waals surface area contributed by atoms with E-state index >= 15 is 0 Å². The molecule has 0 amide bonds. The predicted octanol–water partition coefficient (Wildman–Crippen LogP) is -2.57. The minimum absolute atomic E-state index is 1.05. The van der Waals surface area contributed by atoms with Crippen molar-refractivity contribution in [3.05, 3.63) is 0 Å². The fourth-order valence-electron chi connectivity index (χ4n) is 0.0250. The van der Waals surface area contributed by atoms with Gasteiger partial charge in [-0.3, -0.25) is 4.79 Å². The van der Waals surface area contributed by atoms with E-state index in [2.05, 4.69) is 0 Å². The molecule has 3 N–H and O–H groups in total. The van der Waals surface area contributed by atoms with E-state index in [1.54, 1.807) is 0 Å². The molecule has 0 aliphatic heterocycles. The van der Waals surface area contributed by atoms with E-state index in [0.29, 0.717) is 0 Å². The van der Waals surface area contributed by atoms with Gasteiger partial charge in [0.1, 0.15) is 0 Å². The SMILES string of the molecule is N#CC(=O)C#N.O=[As](O)(O)O. The average molecular weight is 222 g/mol. The fourth-order valence-corrected chi connectivity index (χ4v) is 0.0250. The summed E-state index contributed by atoms with van der Waals surface area (Å²) in [7, 11) is 0. The van der Waals surface area contributed by atoms with Crippen LogP contribution in [0.15, 0.2) is 0 Å². The topological polar surface area (TPSA) is 142 Å². The van der Waals surface area contributed by atoms with Crippen LogP contribution in [0, 0.1) is 22.7 Å². The molecule has 7 nitrogen and oxygen atoms in total. The molecule has 11 heavy (non-hydrogen) atoms. The molecule has 0 aliphatic carbocycles. The van der Waals surface area contributed by atoms with E-state index in [1.807, 2.05) is 0 Å². The number of carbonyl (C=O) groups excluding carboxylic acids is 1.